The summed E-state index contributed by atoms with van der Waals surface area (Å²) in [6.07, 6.45) is 0. The first kappa shape index (κ1) is 16.4. The topological polar surface area (TPSA) is 63.5 Å². The predicted molar refractivity (Wildman–Crippen MR) is 79.1 cm³/mol. The Labute approximate surface area is 123 Å². The van der Waals surface area contributed by atoms with E-state index in [0.29, 0.717) is 0 Å². The summed E-state index contributed by atoms with van der Waals surface area (Å²) in [6, 6.07) is 4.30. The third kappa shape index (κ3) is 3.28. The number of para-hydroxylation sites is 1. The molecule has 1 rings (SSSR count). The molecular weight excluding hydrogens is 280 g/mol. The Morgan fingerprint density at radius 3 is 2.40 bits per heavy atom. The molecule has 1 atom stereocenters. The van der Waals surface area contributed by atoms with Crippen LogP contribution in [0.25, 0.3) is 0 Å². The molecule has 110 valence electrons. The summed E-state index contributed by atoms with van der Waals surface area (Å²) in [5, 5.41) is 11.1. The second-order valence-corrected chi connectivity index (χ2v) is 6.26. The summed E-state index contributed by atoms with van der Waals surface area (Å²) in [4.78, 5) is 24.5. The number of carbonyl (C=O) groups excluding carboxylic acids is 1. The van der Waals surface area contributed by atoms with Gasteiger partial charge in [0.15, 0.2) is 0 Å². The first-order valence-electron chi connectivity index (χ1n) is 6.27. The van der Waals surface area contributed by atoms with Crippen molar-refractivity contribution in [2.24, 2.45) is 5.41 Å². The Kier molecular flexibility index (Phi) is 4.76. The van der Waals surface area contributed by atoms with Crippen LogP contribution in [0.3, 0.4) is 0 Å². The van der Waals surface area contributed by atoms with Gasteiger partial charge >= 0.3 is 5.69 Å². The van der Waals surface area contributed by atoms with Gasteiger partial charge < -0.3 is 4.90 Å². The van der Waals surface area contributed by atoms with E-state index in [2.05, 4.69) is 0 Å². The molecule has 0 aliphatic heterocycles. The standard InChI is InChI=1S/C14H19ClN2O3/c1-9(14(2,3)4)16(5)13(18)10-7-6-8-11(15)12(10)17(19)20/h6-9H,1-5H3. The first-order chi connectivity index (χ1) is 9.07. The van der Waals surface area contributed by atoms with Gasteiger partial charge in [0.25, 0.3) is 5.91 Å². The predicted octanol–water partition coefficient (Wildman–Crippen LogP) is 3.75. The Hall–Kier alpha value is -1.62. The first-order valence-corrected chi connectivity index (χ1v) is 6.65. The Morgan fingerprint density at radius 2 is 1.95 bits per heavy atom. The summed E-state index contributed by atoms with van der Waals surface area (Å²) in [5.41, 5.74) is -0.453. The lowest BCUT2D eigenvalue weighted by molar-refractivity contribution is -0.385. The maximum absolute atomic E-state index is 12.5. The van der Waals surface area contributed by atoms with E-state index in [0.717, 1.165) is 0 Å². The van der Waals surface area contributed by atoms with E-state index < -0.39 is 10.8 Å². The molecule has 0 radical (unpaired) electrons. The number of amides is 1. The molecule has 0 aliphatic carbocycles. The molecule has 0 N–H and O–H groups in total. The van der Waals surface area contributed by atoms with Crippen LogP contribution in [0.2, 0.25) is 5.02 Å². The van der Waals surface area contributed by atoms with Crippen molar-refractivity contribution in [1.29, 1.82) is 0 Å². The summed E-state index contributed by atoms with van der Waals surface area (Å²) in [5.74, 6) is -0.401. The average molecular weight is 299 g/mol. The summed E-state index contributed by atoms with van der Waals surface area (Å²) in [7, 11) is 1.64. The van der Waals surface area contributed by atoms with Crippen LogP contribution in [0.5, 0.6) is 0 Å². The lowest BCUT2D eigenvalue weighted by atomic mass is 9.87. The fourth-order valence-corrected chi connectivity index (χ4v) is 2.06. The normalized spacial score (nSPS) is 12.9. The van der Waals surface area contributed by atoms with Gasteiger partial charge in [-0.3, -0.25) is 14.9 Å². The zero-order chi connectivity index (χ0) is 15.7. The number of halogens is 1. The minimum Gasteiger partial charge on any atom is -0.338 e. The molecule has 1 aromatic rings. The van der Waals surface area contributed by atoms with Gasteiger partial charge in [-0.2, -0.15) is 0 Å². The maximum Gasteiger partial charge on any atom is 0.300 e. The Balaban J connectivity index is 3.23. The third-order valence-corrected chi connectivity index (χ3v) is 3.86. The van der Waals surface area contributed by atoms with Crippen LogP contribution in [-0.2, 0) is 0 Å². The Bertz CT molecular complexity index is 538. The number of nitro groups is 1. The molecule has 0 fully saturated rings. The molecule has 0 saturated carbocycles. The number of nitro benzene ring substituents is 1. The molecule has 0 spiro atoms. The van der Waals surface area contributed by atoms with E-state index in [1.54, 1.807) is 7.05 Å². The lowest BCUT2D eigenvalue weighted by Crippen LogP contribution is -2.43. The van der Waals surface area contributed by atoms with Gasteiger partial charge in [-0.1, -0.05) is 38.4 Å². The number of nitrogens with zero attached hydrogens (tertiary/aromatic N) is 2. The van der Waals surface area contributed by atoms with Gasteiger partial charge in [0.2, 0.25) is 0 Å². The molecule has 0 heterocycles. The summed E-state index contributed by atoms with van der Waals surface area (Å²) in [6.45, 7) is 7.93. The summed E-state index contributed by atoms with van der Waals surface area (Å²) >= 11 is 5.83. The lowest BCUT2D eigenvalue weighted by Gasteiger charge is -2.35. The molecule has 0 aliphatic rings. The molecular formula is C14H19ClN2O3. The second kappa shape index (κ2) is 5.79. The van der Waals surface area contributed by atoms with E-state index in [1.165, 1.54) is 23.1 Å². The third-order valence-electron chi connectivity index (χ3n) is 3.55. The minimum atomic E-state index is -0.620. The highest BCUT2D eigenvalue weighted by molar-refractivity contribution is 6.33. The molecule has 1 aromatic carbocycles. The van der Waals surface area contributed by atoms with Crippen molar-refractivity contribution in [3.63, 3.8) is 0 Å². The largest absolute Gasteiger partial charge is 0.338 e. The SMILES string of the molecule is CC(N(C)C(=O)c1cccc(Cl)c1[N+](=O)[O-])C(C)(C)C. The van der Waals surface area contributed by atoms with Crippen LogP contribution in [0.15, 0.2) is 18.2 Å². The number of hydrogen-bond donors (Lipinski definition) is 0. The summed E-state index contributed by atoms with van der Waals surface area (Å²) < 4.78 is 0. The van der Waals surface area contributed by atoms with Gasteiger partial charge in [0, 0.05) is 13.1 Å². The average Bonchev–Trinajstić information content (AvgIpc) is 2.34. The number of rotatable bonds is 3. The van der Waals surface area contributed by atoms with E-state index in [-0.39, 0.29) is 27.7 Å². The molecule has 0 aromatic heterocycles. The zero-order valence-corrected chi connectivity index (χ0v) is 13.1. The highest BCUT2D eigenvalue weighted by Gasteiger charge is 2.31. The van der Waals surface area contributed by atoms with Gasteiger partial charge in [0.05, 0.1) is 4.92 Å². The molecule has 1 unspecified atom stereocenters. The fourth-order valence-electron chi connectivity index (χ4n) is 1.82. The molecule has 6 heteroatoms. The smallest absolute Gasteiger partial charge is 0.300 e. The number of benzene rings is 1. The van der Waals surface area contributed by atoms with E-state index in [1.807, 2.05) is 27.7 Å². The van der Waals surface area contributed by atoms with Gasteiger partial charge in [-0.15, -0.1) is 0 Å². The molecule has 0 bridgehead atoms. The Morgan fingerprint density at radius 1 is 1.40 bits per heavy atom. The van der Waals surface area contributed by atoms with Crippen LogP contribution in [-0.4, -0.2) is 28.8 Å². The van der Waals surface area contributed by atoms with Gasteiger partial charge in [-0.25, -0.2) is 0 Å². The van der Waals surface area contributed by atoms with Crippen LogP contribution in [0.1, 0.15) is 38.1 Å². The van der Waals surface area contributed by atoms with Crippen LogP contribution < -0.4 is 0 Å². The number of carbonyl (C=O) groups is 1. The van der Waals surface area contributed by atoms with Crippen LogP contribution in [0.4, 0.5) is 5.69 Å². The highest BCUT2D eigenvalue weighted by Crippen LogP contribution is 2.31. The van der Waals surface area contributed by atoms with Crippen molar-refractivity contribution in [2.75, 3.05) is 7.05 Å². The van der Waals surface area contributed by atoms with Gasteiger partial charge in [-0.05, 0) is 24.5 Å². The fraction of sp³-hybridized carbons (Fsp3) is 0.500. The van der Waals surface area contributed by atoms with E-state index in [9.17, 15) is 14.9 Å². The van der Waals surface area contributed by atoms with Crippen LogP contribution >= 0.6 is 11.6 Å². The highest BCUT2D eigenvalue weighted by atomic mass is 35.5. The van der Waals surface area contributed by atoms with E-state index in [4.69, 9.17) is 11.6 Å². The van der Waals surface area contributed by atoms with Gasteiger partial charge in [0.1, 0.15) is 10.6 Å². The van der Waals surface area contributed by atoms with Crippen molar-refractivity contribution < 1.29 is 9.72 Å². The van der Waals surface area contributed by atoms with E-state index >= 15 is 0 Å². The molecule has 0 saturated heterocycles. The zero-order valence-electron chi connectivity index (χ0n) is 12.3. The van der Waals surface area contributed by atoms with Crippen LogP contribution in [0, 0.1) is 15.5 Å². The van der Waals surface area contributed by atoms with Crippen molar-refractivity contribution in [3.8, 4) is 0 Å². The molecule has 5 nitrogen and oxygen atoms in total. The number of hydrogen-bond acceptors (Lipinski definition) is 3. The van der Waals surface area contributed by atoms with Crippen molar-refractivity contribution in [3.05, 3.63) is 38.9 Å². The van der Waals surface area contributed by atoms with Crippen molar-refractivity contribution in [1.82, 2.24) is 4.90 Å². The van der Waals surface area contributed by atoms with Crippen molar-refractivity contribution in [2.45, 2.75) is 33.7 Å². The monoisotopic (exact) mass is 298 g/mol. The molecule has 20 heavy (non-hydrogen) atoms. The minimum absolute atomic E-state index is 0.0149. The molecule has 1 amide bonds. The van der Waals surface area contributed by atoms with Crippen molar-refractivity contribution >= 4 is 23.2 Å². The second-order valence-electron chi connectivity index (χ2n) is 5.85. The maximum atomic E-state index is 12.5. The quantitative estimate of drug-likeness (QED) is 0.630.